The third-order valence-corrected chi connectivity index (χ3v) is 4.31. The van der Waals surface area contributed by atoms with Gasteiger partial charge in [0.15, 0.2) is 11.3 Å². The lowest BCUT2D eigenvalue weighted by Crippen LogP contribution is -2.31. The molecule has 0 atom stereocenters. The van der Waals surface area contributed by atoms with Crippen LogP contribution < -0.4 is 4.74 Å². The summed E-state index contributed by atoms with van der Waals surface area (Å²) >= 11 is 20.2. The third kappa shape index (κ3) is 4.85. The SMILES string of the molecule is COc1ccc(Br)c2c(CCN(C)C(=O)OCC(Cl)(Cl)Cl)coc12. The fraction of sp³-hybridized carbons (Fsp3) is 0.400. The van der Waals surface area contributed by atoms with Crippen LogP contribution in [0.1, 0.15) is 5.56 Å². The van der Waals surface area contributed by atoms with Crippen LogP contribution in [0, 0.1) is 0 Å². The summed E-state index contributed by atoms with van der Waals surface area (Å²) < 4.78 is 15.1. The Balaban J connectivity index is 2.04. The van der Waals surface area contributed by atoms with E-state index in [0.29, 0.717) is 24.3 Å². The highest BCUT2D eigenvalue weighted by Gasteiger charge is 2.23. The van der Waals surface area contributed by atoms with Gasteiger partial charge in [-0.2, -0.15) is 0 Å². The Morgan fingerprint density at radius 1 is 1.38 bits per heavy atom. The zero-order chi connectivity index (χ0) is 17.9. The van der Waals surface area contributed by atoms with Crippen molar-refractivity contribution < 1.29 is 18.7 Å². The monoisotopic (exact) mass is 457 g/mol. The second-order valence-corrected chi connectivity index (χ2v) is 8.43. The van der Waals surface area contributed by atoms with Crippen molar-refractivity contribution in [1.82, 2.24) is 4.90 Å². The van der Waals surface area contributed by atoms with Crippen LogP contribution in [0.3, 0.4) is 0 Å². The zero-order valence-corrected chi connectivity index (χ0v) is 16.8. The van der Waals surface area contributed by atoms with Crippen molar-refractivity contribution in [2.24, 2.45) is 0 Å². The van der Waals surface area contributed by atoms with Crippen molar-refractivity contribution in [3.8, 4) is 5.75 Å². The van der Waals surface area contributed by atoms with Crippen LogP contribution in [0.4, 0.5) is 4.79 Å². The smallest absolute Gasteiger partial charge is 0.409 e. The maximum Gasteiger partial charge on any atom is 0.409 e. The lowest BCUT2D eigenvalue weighted by molar-refractivity contribution is 0.113. The Morgan fingerprint density at radius 2 is 2.08 bits per heavy atom. The fourth-order valence-electron chi connectivity index (χ4n) is 2.12. The summed E-state index contributed by atoms with van der Waals surface area (Å²) in [5.41, 5.74) is 1.60. The first-order chi connectivity index (χ1) is 11.2. The number of benzene rings is 1. The first kappa shape index (κ1) is 19.5. The minimum Gasteiger partial charge on any atom is -0.493 e. The van der Waals surface area contributed by atoms with Crippen LogP contribution >= 0.6 is 50.7 Å². The van der Waals surface area contributed by atoms with E-state index in [4.69, 9.17) is 48.7 Å². The molecule has 0 spiro atoms. The number of carbonyl (C=O) groups is 1. The van der Waals surface area contributed by atoms with Crippen molar-refractivity contribution in [1.29, 1.82) is 0 Å². The minimum absolute atomic E-state index is 0.307. The Labute approximate surface area is 162 Å². The van der Waals surface area contributed by atoms with Crippen LogP contribution in [0.25, 0.3) is 11.0 Å². The number of hydrogen-bond donors (Lipinski definition) is 0. The predicted octanol–water partition coefficient (Wildman–Crippen LogP) is 5.19. The molecule has 1 amide bonds. The van der Waals surface area contributed by atoms with Gasteiger partial charge in [-0.05, 0) is 18.6 Å². The van der Waals surface area contributed by atoms with Gasteiger partial charge in [0.2, 0.25) is 3.79 Å². The molecule has 0 unspecified atom stereocenters. The number of alkyl halides is 3. The minimum atomic E-state index is -1.63. The molecular formula is C15H15BrCl3NO4. The Kier molecular flexibility index (Phi) is 6.53. The molecule has 5 nitrogen and oxygen atoms in total. The Bertz CT molecular complexity index is 729. The van der Waals surface area contributed by atoms with E-state index in [1.165, 1.54) is 4.90 Å². The highest BCUT2D eigenvalue weighted by atomic mass is 79.9. The van der Waals surface area contributed by atoms with E-state index in [-0.39, 0.29) is 6.61 Å². The van der Waals surface area contributed by atoms with Crippen LogP contribution in [0.5, 0.6) is 5.75 Å². The van der Waals surface area contributed by atoms with Gasteiger partial charge < -0.3 is 18.8 Å². The molecule has 2 rings (SSSR count). The number of likely N-dealkylation sites (N-methyl/N-ethyl adjacent to an activating group) is 1. The summed E-state index contributed by atoms with van der Waals surface area (Å²) in [5.74, 6) is 0.648. The summed E-state index contributed by atoms with van der Waals surface area (Å²) in [5, 5.41) is 0.914. The van der Waals surface area contributed by atoms with Crippen molar-refractivity contribution in [2.75, 3.05) is 27.3 Å². The van der Waals surface area contributed by atoms with E-state index >= 15 is 0 Å². The number of carbonyl (C=O) groups excluding carboxylic acids is 1. The fourth-order valence-corrected chi connectivity index (χ4v) is 2.85. The number of halogens is 4. The standard InChI is InChI=1S/C15H15BrCl3NO4/c1-20(14(21)24-8-15(17,18)19)6-5-9-7-23-13-11(22-2)4-3-10(16)12(9)13/h3-4,7H,5-6,8H2,1-2H3. The quantitative estimate of drug-likeness (QED) is 0.578. The molecule has 2 aromatic rings. The average molecular weight is 460 g/mol. The molecular weight excluding hydrogens is 444 g/mol. The van der Waals surface area contributed by atoms with Gasteiger partial charge in [-0.1, -0.05) is 50.7 Å². The predicted molar refractivity (Wildman–Crippen MR) is 98.4 cm³/mol. The topological polar surface area (TPSA) is 51.9 Å². The maximum absolute atomic E-state index is 11.9. The molecule has 1 aromatic heterocycles. The van der Waals surface area contributed by atoms with E-state index in [9.17, 15) is 4.79 Å². The van der Waals surface area contributed by atoms with Crippen LogP contribution in [0.2, 0.25) is 0 Å². The third-order valence-electron chi connectivity index (χ3n) is 3.32. The number of furan rings is 1. The molecule has 0 saturated heterocycles. The molecule has 0 aliphatic rings. The largest absolute Gasteiger partial charge is 0.493 e. The van der Waals surface area contributed by atoms with Gasteiger partial charge in [0, 0.05) is 29.0 Å². The molecule has 9 heteroatoms. The van der Waals surface area contributed by atoms with Gasteiger partial charge in [-0.25, -0.2) is 4.79 Å². The van der Waals surface area contributed by atoms with Crippen molar-refractivity contribution in [2.45, 2.75) is 10.2 Å². The molecule has 0 saturated carbocycles. The molecule has 1 aromatic carbocycles. The molecule has 0 radical (unpaired) electrons. The van der Waals surface area contributed by atoms with Crippen LogP contribution in [-0.4, -0.2) is 42.1 Å². The Hall–Kier alpha value is -0.820. The van der Waals surface area contributed by atoms with Gasteiger partial charge in [-0.3, -0.25) is 0 Å². The molecule has 0 aliphatic heterocycles. The second-order valence-electron chi connectivity index (χ2n) is 5.06. The van der Waals surface area contributed by atoms with E-state index in [1.54, 1.807) is 20.4 Å². The number of amides is 1. The lowest BCUT2D eigenvalue weighted by atomic mass is 10.1. The normalized spacial score (nSPS) is 11.6. The highest BCUT2D eigenvalue weighted by molar-refractivity contribution is 9.10. The van der Waals surface area contributed by atoms with Crippen molar-refractivity contribution >= 4 is 67.8 Å². The molecule has 0 N–H and O–H groups in total. The van der Waals surface area contributed by atoms with Crippen LogP contribution in [-0.2, 0) is 11.2 Å². The number of hydrogen-bond acceptors (Lipinski definition) is 4. The zero-order valence-electron chi connectivity index (χ0n) is 12.9. The molecule has 0 aliphatic carbocycles. The van der Waals surface area contributed by atoms with E-state index < -0.39 is 9.89 Å². The van der Waals surface area contributed by atoms with Gasteiger partial charge in [0.05, 0.1) is 13.4 Å². The van der Waals surface area contributed by atoms with Gasteiger partial charge in [0.25, 0.3) is 0 Å². The van der Waals surface area contributed by atoms with Crippen molar-refractivity contribution in [3.05, 3.63) is 28.4 Å². The summed E-state index contributed by atoms with van der Waals surface area (Å²) in [4.78, 5) is 13.3. The molecule has 132 valence electrons. The van der Waals surface area contributed by atoms with Crippen molar-refractivity contribution in [3.63, 3.8) is 0 Å². The summed E-state index contributed by atoms with van der Waals surface area (Å²) in [6, 6.07) is 3.71. The second kappa shape index (κ2) is 8.04. The maximum atomic E-state index is 11.9. The van der Waals surface area contributed by atoms with Crippen LogP contribution in [0.15, 0.2) is 27.3 Å². The first-order valence-corrected chi connectivity index (χ1v) is 8.83. The van der Waals surface area contributed by atoms with Gasteiger partial charge in [-0.15, -0.1) is 0 Å². The average Bonchev–Trinajstić information content (AvgIpc) is 2.95. The molecule has 1 heterocycles. The number of methoxy groups -OCH3 is 1. The molecule has 24 heavy (non-hydrogen) atoms. The first-order valence-electron chi connectivity index (χ1n) is 6.90. The van der Waals surface area contributed by atoms with E-state index in [1.807, 2.05) is 12.1 Å². The summed E-state index contributed by atoms with van der Waals surface area (Å²) in [6.45, 7) is 0.106. The number of fused-ring (bicyclic) bond motifs is 1. The van der Waals surface area contributed by atoms with Gasteiger partial charge in [0.1, 0.15) is 6.61 Å². The van der Waals surface area contributed by atoms with E-state index in [0.717, 1.165) is 15.4 Å². The van der Waals surface area contributed by atoms with Gasteiger partial charge >= 0.3 is 6.09 Å². The number of rotatable bonds is 5. The lowest BCUT2D eigenvalue weighted by Gasteiger charge is -2.18. The number of nitrogens with zero attached hydrogens (tertiary/aromatic N) is 1. The number of ether oxygens (including phenoxy) is 2. The summed E-state index contributed by atoms with van der Waals surface area (Å²) in [6.07, 6.45) is 1.65. The van der Waals surface area contributed by atoms with E-state index in [2.05, 4.69) is 15.9 Å². The highest BCUT2D eigenvalue weighted by Crippen LogP contribution is 2.35. The molecule has 0 fully saturated rings. The summed E-state index contributed by atoms with van der Waals surface area (Å²) in [7, 11) is 3.19. The Morgan fingerprint density at radius 3 is 2.71 bits per heavy atom. The molecule has 0 bridgehead atoms.